The summed E-state index contributed by atoms with van der Waals surface area (Å²) in [5.41, 5.74) is 1.77. The van der Waals surface area contributed by atoms with Gasteiger partial charge in [0.25, 0.3) is 5.56 Å². The normalized spacial score (nSPS) is 15.1. The van der Waals surface area contributed by atoms with Gasteiger partial charge in [-0.05, 0) is 36.8 Å². The number of esters is 2. The SMILES string of the molecule is C=CCOC(=O)C1=C(C)N=c2s/c(=C\c3ccccc3OC)c(=O)n2C1c1ccc(OC(C)=O)cc1. The summed E-state index contributed by atoms with van der Waals surface area (Å²) >= 11 is 1.22. The molecule has 0 amide bonds. The van der Waals surface area contributed by atoms with Crippen LogP contribution in [0.1, 0.15) is 31.0 Å². The molecule has 9 heteroatoms. The van der Waals surface area contributed by atoms with Crippen molar-refractivity contribution in [1.82, 2.24) is 4.57 Å². The molecule has 1 aliphatic rings. The molecule has 0 bridgehead atoms. The number of carbonyl (C=O) groups excluding carboxylic acids is 2. The predicted molar refractivity (Wildman–Crippen MR) is 136 cm³/mol. The Balaban J connectivity index is 1.91. The highest BCUT2D eigenvalue weighted by molar-refractivity contribution is 7.07. The number of nitrogens with zero attached hydrogens (tertiary/aromatic N) is 2. The Morgan fingerprint density at radius 3 is 2.56 bits per heavy atom. The number of thiazole rings is 1. The molecule has 0 aliphatic carbocycles. The molecule has 0 saturated heterocycles. The lowest BCUT2D eigenvalue weighted by Crippen LogP contribution is -2.39. The van der Waals surface area contributed by atoms with Crippen molar-refractivity contribution in [3.8, 4) is 11.5 Å². The number of hydrogen-bond acceptors (Lipinski definition) is 8. The molecule has 36 heavy (non-hydrogen) atoms. The summed E-state index contributed by atoms with van der Waals surface area (Å²) < 4.78 is 17.8. The van der Waals surface area contributed by atoms with Crippen molar-refractivity contribution in [3.63, 3.8) is 0 Å². The van der Waals surface area contributed by atoms with Crippen LogP contribution in [0, 0.1) is 0 Å². The summed E-state index contributed by atoms with van der Waals surface area (Å²) in [6.07, 6.45) is 3.22. The number of rotatable bonds is 7. The maximum atomic E-state index is 13.7. The smallest absolute Gasteiger partial charge is 0.338 e. The minimum Gasteiger partial charge on any atom is -0.496 e. The lowest BCUT2D eigenvalue weighted by molar-refractivity contribution is -0.138. The Hall–Kier alpha value is -4.24. The van der Waals surface area contributed by atoms with Crippen LogP contribution in [0.2, 0.25) is 0 Å². The van der Waals surface area contributed by atoms with Gasteiger partial charge in [-0.25, -0.2) is 9.79 Å². The van der Waals surface area contributed by atoms with E-state index in [2.05, 4.69) is 11.6 Å². The van der Waals surface area contributed by atoms with Gasteiger partial charge in [0.15, 0.2) is 4.80 Å². The molecule has 0 fully saturated rings. The first-order chi connectivity index (χ1) is 17.3. The maximum absolute atomic E-state index is 13.7. The summed E-state index contributed by atoms with van der Waals surface area (Å²) in [6, 6.07) is 13.2. The Kier molecular flexibility index (Phi) is 7.30. The van der Waals surface area contributed by atoms with Crippen molar-refractivity contribution in [2.75, 3.05) is 13.7 Å². The van der Waals surface area contributed by atoms with E-state index < -0.39 is 18.0 Å². The molecule has 2 heterocycles. The van der Waals surface area contributed by atoms with E-state index >= 15 is 0 Å². The van der Waals surface area contributed by atoms with Gasteiger partial charge in [0.2, 0.25) is 0 Å². The fourth-order valence-corrected chi connectivity index (χ4v) is 4.96. The van der Waals surface area contributed by atoms with Crippen molar-refractivity contribution < 1.29 is 23.8 Å². The van der Waals surface area contributed by atoms with E-state index in [0.717, 1.165) is 5.56 Å². The molecule has 1 aromatic heterocycles. The number of carbonyl (C=O) groups is 2. The molecule has 3 aromatic rings. The van der Waals surface area contributed by atoms with Crippen molar-refractivity contribution >= 4 is 29.4 Å². The first-order valence-corrected chi connectivity index (χ1v) is 11.9. The average molecular weight is 505 g/mol. The van der Waals surface area contributed by atoms with Gasteiger partial charge in [-0.2, -0.15) is 0 Å². The Bertz CT molecular complexity index is 1550. The summed E-state index contributed by atoms with van der Waals surface area (Å²) in [4.78, 5) is 43.1. The molecule has 4 rings (SSSR count). The average Bonchev–Trinajstić information content (AvgIpc) is 3.16. The summed E-state index contributed by atoms with van der Waals surface area (Å²) in [7, 11) is 1.57. The maximum Gasteiger partial charge on any atom is 0.338 e. The van der Waals surface area contributed by atoms with Crippen LogP contribution in [0.4, 0.5) is 0 Å². The zero-order valence-electron chi connectivity index (χ0n) is 20.0. The highest BCUT2D eigenvalue weighted by Crippen LogP contribution is 2.31. The minimum absolute atomic E-state index is 0.0198. The zero-order chi connectivity index (χ0) is 25.8. The van der Waals surface area contributed by atoms with Crippen LogP contribution < -0.4 is 24.4 Å². The Morgan fingerprint density at radius 2 is 1.89 bits per heavy atom. The second-order valence-electron chi connectivity index (χ2n) is 7.87. The molecule has 0 saturated carbocycles. The number of para-hydroxylation sites is 1. The number of aromatic nitrogens is 1. The van der Waals surface area contributed by atoms with Crippen LogP contribution in [0.3, 0.4) is 0 Å². The predicted octanol–water partition coefficient (Wildman–Crippen LogP) is 2.90. The third-order valence-electron chi connectivity index (χ3n) is 5.46. The van der Waals surface area contributed by atoms with E-state index in [1.807, 2.05) is 24.3 Å². The molecule has 1 atom stereocenters. The lowest BCUT2D eigenvalue weighted by Gasteiger charge is -2.24. The topological polar surface area (TPSA) is 96.2 Å². The second kappa shape index (κ2) is 10.6. The van der Waals surface area contributed by atoms with Crippen LogP contribution in [0.25, 0.3) is 6.08 Å². The molecule has 8 nitrogen and oxygen atoms in total. The van der Waals surface area contributed by atoms with Gasteiger partial charge in [0.1, 0.15) is 18.1 Å². The summed E-state index contributed by atoms with van der Waals surface area (Å²) in [5.74, 6) is -0.0575. The molecule has 0 radical (unpaired) electrons. The number of fused-ring (bicyclic) bond motifs is 1. The van der Waals surface area contributed by atoms with Gasteiger partial charge >= 0.3 is 11.9 Å². The molecule has 0 N–H and O–H groups in total. The number of ether oxygens (including phenoxy) is 3. The fraction of sp³-hybridized carbons (Fsp3) is 0.185. The number of methoxy groups -OCH3 is 1. The van der Waals surface area contributed by atoms with E-state index in [9.17, 15) is 14.4 Å². The van der Waals surface area contributed by atoms with Crippen LogP contribution in [0.15, 0.2) is 82.2 Å². The third-order valence-corrected chi connectivity index (χ3v) is 6.44. The van der Waals surface area contributed by atoms with Crippen molar-refractivity contribution in [2.45, 2.75) is 19.9 Å². The van der Waals surface area contributed by atoms with Gasteiger partial charge in [-0.1, -0.05) is 54.3 Å². The summed E-state index contributed by atoms with van der Waals surface area (Å²) in [6.45, 7) is 6.63. The Morgan fingerprint density at radius 1 is 1.17 bits per heavy atom. The quantitative estimate of drug-likeness (QED) is 0.279. The van der Waals surface area contributed by atoms with E-state index in [-0.39, 0.29) is 17.7 Å². The van der Waals surface area contributed by atoms with Crippen molar-refractivity contribution in [1.29, 1.82) is 0 Å². The first kappa shape index (κ1) is 24.9. The highest BCUT2D eigenvalue weighted by Gasteiger charge is 2.33. The zero-order valence-corrected chi connectivity index (χ0v) is 20.8. The fourth-order valence-electron chi connectivity index (χ4n) is 3.92. The van der Waals surface area contributed by atoms with E-state index in [4.69, 9.17) is 14.2 Å². The minimum atomic E-state index is -0.787. The third kappa shape index (κ3) is 4.92. The van der Waals surface area contributed by atoms with Crippen molar-refractivity contribution in [3.05, 3.63) is 103 Å². The Labute approximate surface area is 211 Å². The molecule has 1 aliphatic heterocycles. The second-order valence-corrected chi connectivity index (χ2v) is 8.88. The number of hydrogen-bond donors (Lipinski definition) is 0. The first-order valence-electron chi connectivity index (χ1n) is 11.1. The molecule has 184 valence electrons. The molecular formula is C27H24N2O6S. The van der Waals surface area contributed by atoms with Gasteiger partial charge < -0.3 is 14.2 Å². The molecule has 2 aromatic carbocycles. The standard InChI is InChI=1S/C27H24N2O6S/c1-5-14-34-26(32)23-16(2)28-27-29(24(23)18-10-12-20(13-11-18)35-17(3)30)25(31)22(36-27)15-19-8-6-7-9-21(19)33-4/h5-13,15,24H,1,14H2,2-4H3/b22-15-. The van der Waals surface area contributed by atoms with Crippen LogP contribution in [-0.2, 0) is 14.3 Å². The van der Waals surface area contributed by atoms with Gasteiger partial charge in [-0.15, -0.1) is 0 Å². The van der Waals surface area contributed by atoms with Crippen molar-refractivity contribution in [2.24, 2.45) is 4.99 Å². The number of benzene rings is 2. The summed E-state index contributed by atoms with van der Waals surface area (Å²) in [5, 5.41) is 0. The van der Waals surface area contributed by atoms with Crippen LogP contribution >= 0.6 is 11.3 Å². The van der Waals surface area contributed by atoms with Crippen LogP contribution in [-0.4, -0.2) is 30.2 Å². The van der Waals surface area contributed by atoms with Gasteiger partial charge in [0, 0.05) is 12.5 Å². The van der Waals surface area contributed by atoms with Crippen LogP contribution in [0.5, 0.6) is 11.5 Å². The largest absolute Gasteiger partial charge is 0.496 e. The molecule has 0 spiro atoms. The van der Waals surface area contributed by atoms with Gasteiger partial charge in [0.05, 0.1) is 29.0 Å². The molecular weight excluding hydrogens is 480 g/mol. The lowest BCUT2D eigenvalue weighted by atomic mass is 9.96. The van der Waals surface area contributed by atoms with E-state index in [0.29, 0.717) is 32.1 Å². The number of allylic oxidation sites excluding steroid dienone is 1. The monoisotopic (exact) mass is 504 g/mol. The highest BCUT2D eigenvalue weighted by atomic mass is 32.1. The van der Waals surface area contributed by atoms with E-state index in [1.165, 1.54) is 28.9 Å². The van der Waals surface area contributed by atoms with E-state index in [1.54, 1.807) is 44.4 Å². The molecule has 1 unspecified atom stereocenters. The van der Waals surface area contributed by atoms with Gasteiger partial charge in [-0.3, -0.25) is 14.2 Å².